The van der Waals surface area contributed by atoms with E-state index in [2.05, 4.69) is 0 Å². The Balaban J connectivity index is 2.49. The molecular weight excluding hydrogens is 286 g/mol. The molecule has 0 amide bonds. The molecule has 2 rings (SSSR count). The van der Waals surface area contributed by atoms with E-state index in [-0.39, 0.29) is 11.5 Å². The van der Waals surface area contributed by atoms with Crippen molar-refractivity contribution in [2.24, 2.45) is 0 Å². The van der Waals surface area contributed by atoms with E-state index >= 15 is 0 Å². The zero-order chi connectivity index (χ0) is 14.0. The summed E-state index contributed by atoms with van der Waals surface area (Å²) in [5, 5.41) is 13.2. The highest BCUT2D eigenvalue weighted by atomic mass is 35.5. The standard InChI is InChI=1S/C13H12ClNO3S/c1-10-5-4-8-15(16,13(10)19(17)18)9-11-6-2-3-7-12(11)14/h2-8H,9H2,1H3. The largest absolute Gasteiger partial charge is 0.621 e. The number of nitrogens with zero attached hydrogens (tertiary/aromatic N) is 1. The third-order valence-electron chi connectivity index (χ3n) is 2.88. The zero-order valence-electron chi connectivity index (χ0n) is 10.2. The van der Waals surface area contributed by atoms with Crippen LogP contribution in [0.25, 0.3) is 0 Å². The molecule has 0 spiro atoms. The Hall–Kier alpha value is -1.40. The van der Waals surface area contributed by atoms with Crippen LogP contribution in [0.5, 0.6) is 0 Å². The number of quaternary nitrogens is 1. The topological polar surface area (TPSA) is 57.2 Å². The minimum atomic E-state index is -2.57. The van der Waals surface area contributed by atoms with Gasteiger partial charge >= 0.3 is 0 Å². The van der Waals surface area contributed by atoms with E-state index in [9.17, 15) is 13.6 Å². The molecule has 0 fully saturated rings. The van der Waals surface area contributed by atoms with Crippen LogP contribution in [0, 0.1) is 5.21 Å². The summed E-state index contributed by atoms with van der Waals surface area (Å²) in [5.74, 6) is 0. The average molecular weight is 298 g/mol. The van der Waals surface area contributed by atoms with E-state index in [0.717, 1.165) is 0 Å². The fourth-order valence-electron chi connectivity index (χ4n) is 2.03. The highest BCUT2D eigenvalue weighted by Gasteiger charge is 2.29. The fraction of sp³-hybridized carbons (Fsp3) is 0.154. The van der Waals surface area contributed by atoms with Gasteiger partial charge in [0.15, 0.2) is 0 Å². The molecule has 100 valence electrons. The van der Waals surface area contributed by atoms with Gasteiger partial charge in [0.25, 0.3) is 15.3 Å². The molecule has 1 atom stereocenters. The van der Waals surface area contributed by atoms with Crippen molar-refractivity contribution in [1.82, 2.24) is 0 Å². The maximum Gasteiger partial charge on any atom is 0.277 e. The summed E-state index contributed by atoms with van der Waals surface area (Å²) in [6, 6.07) is 6.91. The Morgan fingerprint density at radius 2 is 2.00 bits per heavy atom. The SMILES string of the molecule is CC1=CC=C[N+]([O-])(Cc2ccccc2Cl)C1=S(=O)=O. The van der Waals surface area contributed by atoms with Crippen LogP contribution in [0.4, 0.5) is 0 Å². The molecule has 1 aromatic rings. The number of rotatable bonds is 2. The van der Waals surface area contributed by atoms with Crippen LogP contribution in [0.15, 0.2) is 48.2 Å². The lowest BCUT2D eigenvalue weighted by molar-refractivity contribution is -0.745. The van der Waals surface area contributed by atoms with Gasteiger partial charge in [-0.1, -0.05) is 29.8 Å². The first kappa shape index (κ1) is 14.0. The summed E-state index contributed by atoms with van der Waals surface area (Å²) in [7, 11) is -2.57. The van der Waals surface area contributed by atoms with Crippen LogP contribution in [-0.2, 0) is 16.8 Å². The number of halogens is 1. The van der Waals surface area contributed by atoms with E-state index in [1.807, 2.05) is 0 Å². The Morgan fingerprint density at radius 1 is 1.32 bits per heavy atom. The lowest BCUT2D eigenvalue weighted by Gasteiger charge is -2.39. The van der Waals surface area contributed by atoms with E-state index in [4.69, 9.17) is 11.6 Å². The third kappa shape index (κ3) is 2.79. The number of hydrogen-bond acceptors (Lipinski definition) is 3. The number of hydroxylamine groups is 3. The molecule has 0 bridgehead atoms. The van der Waals surface area contributed by atoms with Crippen molar-refractivity contribution in [3.63, 3.8) is 0 Å². The van der Waals surface area contributed by atoms with Crippen LogP contribution >= 0.6 is 11.6 Å². The van der Waals surface area contributed by atoms with Crippen molar-refractivity contribution in [1.29, 1.82) is 0 Å². The summed E-state index contributed by atoms with van der Waals surface area (Å²) in [6.45, 7) is 1.55. The molecule has 0 radical (unpaired) electrons. The van der Waals surface area contributed by atoms with Gasteiger partial charge in [0.05, 0.1) is 0 Å². The first-order valence-corrected chi connectivity index (χ1v) is 7.05. The van der Waals surface area contributed by atoms with Gasteiger partial charge in [-0.2, -0.15) is 8.42 Å². The van der Waals surface area contributed by atoms with E-state index in [1.54, 1.807) is 43.3 Å². The number of allylic oxidation sites excluding steroid dienone is 2. The molecule has 0 aliphatic carbocycles. The van der Waals surface area contributed by atoms with Crippen molar-refractivity contribution < 1.29 is 13.1 Å². The van der Waals surface area contributed by atoms with Gasteiger partial charge in [0.1, 0.15) is 12.7 Å². The Bertz CT molecular complexity index is 698. The Kier molecular flexibility index (Phi) is 3.91. The molecule has 19 heavy (non-hydrogen) atoms. The van der Waals surface area contributed by atoms with Crippen LogP contribution in [0.3, 0.4) is 0 Å². The lowest BCUT2D eigenvalue weighted by Crippen LogP contribution is -2.44. The van der Waals surface area contributed by atoms with Gasteiger partial charge in [0.2, 0.25) is 0 Å². The van der Waals surface area contributed by atoms with Crippen LogP contribution < -0.4 is 0 Å². The molecule has 1 aliphatic heterocycles. The predicted octanol–water partition coefficient (Wildman–Crippen LogP) is 2.64. The van der Waals surface area contributed by atoms with Crippen molar-refractivity contribution in [3.05, 3.63) is 64.0 Å². The molecule has 0 saturated heterocycles. The molecule has 6 heteroatoms. The Morgan fingerprint density at radius 3 is 2.63 bits per heavy atom. The first-order chi connectivity index (χ1) is 8.94. The summed E-state index contributed by atoms with van der Waals surface area (Å²) in [6.07, 6.45) is 4.48. The highest BCUT2D eigenvalue weighted by molar-refractivity contribution is 7.73. The van der Waals surface area contributed by atoms with Gasteiger partial charge in [-0.25, -0.2) is 0 Å². The van der Waals surface area contributed by atoms with Gasteiger partial charge in [-0.15, -0.1) is 0 Å². The summed E-state index contributed by atoms with van der Waals surface area (Å²) in [4.78, 5) is -0.178. The first-order valence-electron chi connectivity index (χ1n) is 5.59. The van der Waals surface area contributed by atoms with E-state index in [1.165, 1.54) is 6.20 Å². The third-order valence-corrected chi connectivity index (χ3v) is 4.19. The van der Waals surface area contributed by atoms with Gasteiger partial charge in [-0.3, -0.25) is 4.65 Å². The maximum atomic E-state index is 12.7. The van der Waals surface area contributed by atoms with Crippen molar-refractivity contribution >= 4 is 26.9 Å². The molecule has 0 N–H and O–H groups in total. The second-order valence-electron chi connectivity index (χ2n) is 4.28. The van der Waals surface area contributed by atoms with Crippen molar-refractivity contribution in [2.45, 2.75) is 13.5 Å². The quantitative estimate of drug-likeness (QED) is 0.479. The molecule has 0 saturated carbocycles. The minimum Gasteiger partial charge on any atom is -0.621 e. The van der Waals surface area contributed by atoms with E-state index in [0.29, 0.717) is 16.2 Å². The second-order valence-corrected chi connectivity index (χ2v) is 5.54. The highest BCUT2D eigenvalue weighted by Crippen LogP contribution is 2.26. The second kappa shape index (κ2) is 5.30. The monoisotopic (exact) mass is 297 g/mol. The van der Waals surface area contributed by atoms with Crippen LogP contribution in [0.2, 0.25) is 5.02 Å². The molecular formula is C13H12ClNO3S. The Labute approximate surface area is 117 Å². The van der Waals surface area contributed by atoms with Crippen molar-refractivity contribution in [2.75, 3.05) is 0 Å². The lowest BCUT2D eigenvalue weighted by atomic mass is 10.1. The van der Waals surface area contributed by atoms with Gasteiger partial charge in [0, 0.05) is 16.2 Å². The normalized spacial score (nSPS) is 22.3. The molecule has 0 aromatic heterocycles. The minimum absolute atomic E-state index is 0.0509. The van der Waals surface area contributed by atoms with E-state index < -0.39 is 14.9 Å². The molecule has 1 aliphatic rings. The number of benzene rings is 1. The van der Waals surface area contributed by atoms with Gasteiger partial charge < -0.3 is 5.21 Å². The summed E-state index contributed by atoms with van der Waals surface area (Å²) >= 11 is 6.02. The molecule has 1 heterocycles. The molecule has 4 nitrogen and oxygen atoms in total. The molecule has 1 unspecified atom stereocenters. The predicted molar refractivity (Wildman–Crippen MR) is 75.6 cm³/mol. The average Bonchev–Trinajstić information content (AvgIpc) is 2.31. The summed E-state index contributed by atoms with van der Waals surface area (Å²) < 4.78 is 21.5. The molecule has 1 aromatic carbocycles. The van der Waals surface area contributed by atoms with Gasteiger partial charge in [-0.05, 0) is 25.1 Å². The maximum absolute atomic E-state index is 12.7. The van der Waals surface area contributed by atoms with Crippen LogP contribution in [-0.4, -0.2) is 18.1 Å². The fourth-order valence-corrected chi connectivity index (χ4v) is 2.93. The van der Waals surface area contributed by atoms with Crippen LogP contribution in [0.1, 0.15) is 12.5 Å². The zero-order valence-corrected chi connectivity index (χ0v) is 11.8. The smallest absolute Gasteiger partial charge is 0.277 e. The summed E-state index contributed by atoms with van der Waals surface area (Å²) in [5.41, 5.74) is 1.05. The number of hydrogen-bond donors (Lipinski definition) is 0. The van der Waals surface area contributed by atoms with Crippen molar-refractivity contribution in [3.8, 4) is 0 Å².